The minimum absolute atomic E-state index is 0.0437. The summed E-state index contributed by atoms with van der Waals surface area (Å²) < 4.78 is 32.7. The third kappa shape index (κ3) is 39.0. The summed E-state index contributed by atoms with van der Waals surface area (Å²) >= 11 is 0. The Labute approximate surface area is 322 Å². The molecule has 3 N–H and O–H groups in total. The molecule has 9 nitrogen and oxygen atoms in total. The summed E-state index contributed by atoms with van der Waals surface area (Å²) in [6.07, 6.45) is 46.4. The van der Waals surface area contributed by atoms with Crippen LogP contribution >= 0.6 is 7.82 Å². The molecule has 0 aliphatic heterocycles. The normalized spacial score (nSPS) is 14.1. The minimum Gasteiger partial charge on any atom is -0.462 e. The zero-order valence-corrected chi connectivity index (χ0v) is 34.1. The molecular formula is C43H74NO8P. The summed E-state index contributed by atoms with van der Waals surface area (Å²) in [6.45, 7) is 3.53. The maximum atomic E-state index is 12.5. The van der Waals surface area contributed by atoms with Gasteiger partial charge in [-0.3, -0.25) is 18.6 Å². The lowest BCUT2D eigenvalue weighted by Gasteiger charge is -2.19. The average molecular weight is 764 g/mol. The quantitative estimate of drug-likeness (QED) is 0.0274. The molecule has 0 saturated heterocycles. The van der Waals surface area contributed by atoms with E-state index in [0.29, 0.717) is 12.8 Å². The number of hydrogen-bond acceptors (Lipinski definition) is 8. The zero-order valence-electron chi connectivity index (χ0n) is 33.2. The van der Waals surface area contributed by atoms with Crippen LogP contribution in [-0.4, -0.2) is 49.3 Å². The molecule has 0 spiro atoms. The molecule has 0 amide bonds. The first-order valence-corrected chi connectivity index (χ1v) is 21.9. The van der Waals surface area contributed by atoms with Crippen molar-refractivity contribution in [3.05, 3.63) is 72.9 Å². The summed E-state index contributed by atoms with van der Waals surface area (Å²) in [6, 6.07) is 0. The van der Waals surface area contributed by atoms with Crippen molar-refractivity contribution in [3.63, 3.8) is 0 Å². The molecule has 2 atom stereocenters. The molecule has 53 heavy (non-hydrogen) atoms. The zero-order chi connectivity index (χ0) is 38.9. The monoisotopic (exact) mass is 764 g/mol. The first kappa shape index (κ1) is 50.5. The Hall–Kier alpha value is -2.55. The number of esters is 2. The largest absolute Gasteiger partial charge is 0.472 e. The number of carbonyl (C=O) groups is 2. The maximum Gasteiger partial charge on any atom is 0.472 e. The van der Waals surface area contributed by atoms with Gasteiger partial charge in [-0.2, -0.15) is 0 Å². The highest BCUT2D eigenvalue weighted by molar-refractivity contribution is 7.47. The molecule has 0 aliphatic carbocycles. The average Bonchev–Trinajstić information content (AvgIpc) is 3.14. The molecule has 0 radical (unpaired) electrons. The fraction of sp³-hybridized carbons (Fsp3) is 0.674. The van der Waals surface area contributed by atoms with Crippen LogP contribution in [0.2, 0.25) is 0 Å². The van der Waals surface area contributed by atoms with Crippen molar-refractivity contribution in [2.45, 2.75) is 161 Å². The lowest BCUT2D eigenvalue weighted by molar-refractivity contribution is -0.161. The van der Waals surface area contributed by atoms with Gasteiger partial charge in [0.2, 0.25) is 0 Å². The SMILES string of the molecule is CC/C=C/C/C=C/C/C=C/C/C=C/C/C=C/CCCCCC(=O)OC[C@@H](COP(=O)(O)OCCN)OC(=O)CCCCCCC/C=C/CCCCCC. The summed E-state index contributed by atoms with van der Waals surface area (Å²) in [4.78, 5) is 34.8. The van der Waals surface area contributed by atoms with Crippen LogP contribution in [-0.2, 0) is 32.7 Å². The van der Waals surface area contributed by atoms with Gasteiger partial charge in [0.25, 0.3) is 0 Å². The Kier molecular flexibility index (Phi) is 37.3. The van der Waals surface area contributed by atoms with Crippen molar-refractivity contribution in [1.82, 2.24) is 0 Å². The van der Waals surface area contributed by atoms with Crippen LogP contribution in [0.4, 0.5) is 0 Å². The van der Waals surface area contributed by atoms with E-state index in [4.69, 9.17) is 24.3 Å². The summed E-state index contributed by atoms with van der Waals surface area (Å²) in [5.74, 6) is -0.884. The van der Waals surface area contributed by atoms with Gasteiger partial charge in [0.15, 0.2) is 6.10 Å². The lowest BCUT2D eigenvalue weighted by atomic mass is 10.1. The molecule has 0 bridgehead atoms. The van der Waals surface area contributed by atoms with E-state index < -0.39 is 32.5 Å². The van der Waals surface area contributed by atoms with E-state index in [9.17, 15) is 19.0 Å². The highest BCUT2D eigenvalue weighted by Gasteiger charge is 2.25. The molecule has 0 fully saturated rings. The van der Waals surface area contributed by atoms with Crippen LogP contribution in [0.25, 0.3) is 0 Å². The Balaban J connectivity index is 4.27. The number of nitrogens with two attached hydrogens (primary N) is 1. The molecular weight excluding hydrogens is 689 g/mol. The third-order valence-corrected chi connectivity index (χ3v) is 9.06. The Morgan fingerprint density at radius 3 is 1.58 bits per heavy atom. The Morgan fingerprint density at radius 2 is 1.04 bits per heavy atom. The van der Waals surface area contributed by atoms with Crippen LogP contribution in [0.5, 0.6) is 0 Å². The van der Waals surface area contributed by atoms with Crippen LogP contribution in [0, 0.1) is 0 Å². The van der Waals surface area contributed by atoms with E-state index in [1.807, 2.05) is 0 Å². The van der Waals surface area contributed by atoms with E-state index >= 15 is 0 Å². The fourth-order valence-electron chi connectivity index (χ4n) is 5.07. The van der Waals surface area contributed by atoms with Gasteiger partial charge in [-0.15, -0.1) is 0 Å². The van der Waals surface area contributed by atoms with Crippen LogP contribution in [0.3, 0.4) is 0 Å². The number of rotatable bonds is 37. The van der Waals surface area contributed by atoms with Crippen molar-refractivity contribution in [3.8, 4) is 0 Å². The van der Waals surface area contributed by atoms with E-state index in [1.165, 1.54) is 25.7 Å². The van der Waals surface area contributed by atoms with Gasteiger partial charge < -0.3 is 20.1 Å². The molecule has 0 saturated carbocycles. The van der Waals surface area contributed by atoms with E-state index in [-0.39, 0.29) is 32.6 Å². The highest BCUT2D eigenvalue weighted by atomic mass is 31.2. The molecule has 0 aromatic heterocycles. The summed E-state index contributed by atoms with van der Waals surface area (Å²) in [5.41, 5.74) is 5.33. The first-order valence-electron chi connectivity index (χ1n) is 20.4. The fourth-order valence-corrected chi connectivity index (χ4v) is 5.83. The Bertz CT molecular complexity index is 1100. The molecule has 0 rings (SSSR count). The van der Waals surface area contributed by atoms with E-state index in [2.05, 4.69) is 86.8 Å². The molecule has 304 valence electrons. The topological polar surface area (TPSA) is 134 Å². The molecule has 0 aliphatic rings. The molecule has 0 aromatic rings. The maximum absolute atomic E-state index is 12.5. The molecule has 1 unspecified atom stereocenters. The highest BCUT2D eigenvalue weighted by Crippen LogP contribution is 2.43. The third-order valence-electron chi connectivity index (χ3n) is 8.08. The van der Waals surface area contributed by atoms with Crippen molar-refractivity contribution in [2.75, 3.05) is 26.4 Å². The number of carbonyl (C=O) groups excluding carboxylic acids is 2. The second kappa shape index (κ2) is 39.2. The van der Waals surface area contributed by atoms with Gasteiger partial charge in [0, 0.05) is 19.4 Å². The summed E-state index contributed by atoms with van der Waals surface area (Å²) in [5, 5.41) is 0. The number of phosphoric acid groups is 1. The first-order chi connectivity index (χ1) is 25.8. The van der Waals surface area contributed by atoms with Gasteiger partial charge >= 0.3 is 19.8 Å². The van der Waals surface area contributed by atoms with Crippen molar-refractivity contribution < 1.29 is 37.6 Å². The standard InChI is InChI=1S/C43H74NO8P/c1-3-5-7-9-11-13-15-17-18-19-20-21-22-24-25-27-29-31-33-35-42(45)49-39-41(40-51-53(47,48)50-38-37-44)52-43(46)36-34-32-30-28-26-23-16-14-12-10-8-6-4-2/h5,7,11,13-14,16-18,20-21,24-25,41H,3-4,6,8-10,12,15,19,22-23,26-40,44H2,1-2H3,(H,47,48)/b7-5+,13-11+,16-14+,18-17+,21-20+,25-24+/t41-/m0/s1. The summed E-state index contributed by atoms with van der Waals surface area (Å²) in [7, 11) is -4.39. The predicted octanol–water partition coefficient (Wildman–Crippen LogP) is 11.5. The number of hydrogen-bond donors (Lipinski definition) is 2. The second-order valence-electron chi connectivity index (χ2n) is 13.1. The van der Waals surface area contributed by atoms with Crippen molar-refractivity contribution in [2.24, 2.45) is 5.73 Å². The van der Waals surface area contributed by atoms with Gasteiger partial charge in [0.1, 0.15) is 6.61 Å². The predicted molar refractivity (Wildman–Crippen MR) is 219 cm³/mol. The van der Waals surface area contributed by atoms with Crippen LogP contribution in [0.15, 0.2) is 72.9 Å². The smallest absolute Gasteiger partial charge is 0.462 e. The lowest BCUT2D eigenvalue weighted by Crippen LogP contribution is -2.29. The van der Waals surface area contributed by atoms with Gasteiger partial charge in [-0.1, -0.05) is 132 Å². The second-order valence-corrected chi connectivity index (χ2v) is 14.6. The van der Waals surface area contributed by atoms with Crippen LogP contribution in [0.1, 0.15) is 155 Å². The van der Waals surface area contributed by atoms with Gasteiger partial charge in [-0.25, -0.2) is 4.57 Å². The van der Waals surface area contributed by atoms with Gasteiger partial charge in [0.05, 0.1) is 13.2 Å². The number of allylic oxidation sites excluding steroid dienone is 12. The molecule has 0 heterocycles. The number of ether oxygens (including phenoxy) is 2. The number of unbranched alkanes of at least 4 members (excludes halogenated alkanes) is 12. The number of phosphoric ester groups is 1. The van der Waals surface area contributed by atoms with E-state index in [1.54, 1.807) is 0 Å². The minimum atomic E-state index is -4.39. The van der Waals surface area contributed by atoms with Crippen LogP contribution < -0.4 is 5.73 Å². The van der Waals surface area contributed by atoms with E-state index in [0.717, 1.165) is 89.9 Å². The molecule has 0 aromatic carbocycles. The Morgan fingerprint density at radius 1 is 0.585 bits per heavy atom. The molecule has 10 heteroatoms. The van der Waals surface area contributed by atoms with Gasteiger partial charge in [-0.05, 0) is 83.5 Å². The van der Waals surface area contributed by atoms with Crippen molar-refractivity contribution in [1.29, 1.82) is 0 Å². The van der Waals surface area contributed by atoms with Crippen molar-refractivity contribution >= 4 is 19.8 Å².